The van der Waals surface area contributed by atoms with Crippen LogP contribution in [-0.2, 0) is 27.1 Å². The Balaban J connectivity index is 1.95. The molecular formula is C15H24N2O3S. The molecule has 5 nitrogen and oxygen atoms in total. The van der Waals surface area contributed by atoms with E-state index in [0.717, 1.165) is 37.1 Å². The van der Waals surface area contributed by atoms with E-state index in [1.165, 1.54) is 4.31 Å². The average molecular weight is 312 g/mol. The SMILES string of the molecule is CNCc1ccc(CS(=O)(=O)N(C)CC2CCCO2)cc1. The Morgan fingerprint density at radius 3 is 2.52 bits per heavy atom. The van der Waals surface area contributed by atoms with E-state index in [0.29, 0.717) is 6.54 Å². The van der Waals surface area contributed by atoms with Gasteiger partial charge in [-0.2, -0.15) is 0 Å². The van der Waals surface area contributed by atoms with Crippen LogP contribution in [-0.4, -0.2) is 46.1 Å². The lowest BCUT2D eigenvalue weighted by Gasteiger charge is -2.20. The maximum absolute atomic E-state index is 12.4. The monoisotopic (exact) mass is 312 g/mol. The third-order valence-corrected chi connectivity index (χ3v) is 5.51. The predicted molar refractivity (Wildman–Crippen MR) is 83.4 cm³/mol. The number of ether oxygens (including phenoxy) is 1. The van der Waals surface area contributed by atoms with Gasteiger partial charge < -0.3 is 10.1 Å². The molecule has 1 aromatic rings. The number of benzene rings is 1. The average Bonchev–Trinajstić information content (AvgIpc) is 2.94. The molecular weight excluding hydrogens is 288 g/mol. The van der Waals surface area contributed by atoms with Crippen molar-refractivity contribution in [2.75, 3.05) is 27.2 Å². The molecule has 1 atom stereocenters. The van der Waals surface area contributed by atoms with Crippen molar-refractivity contribution in [1.29, 1.82) is 0 Å². The summed E-state index contributed by atoms with van der Waals surface area (Å²) in [5, 5.41) is 3.07. The summed E-state index contributed by atoms with van der Waals surface area (Å²) in [6, 6.07) is 7.68. The lowest BCUT2D eigenvalue weighted by molar-refractivity contribution is 0.0978. The maximum Gasteiger partial charge on any atom is 0.218 e. The molecule has 1 aliphatic rings. The molecule has 1 saturated heterocycles. The molecule has 0 spiro atoms. The first-order valence-corrected chi connectivity index (χ1v) is 8.90. The van der Waals surface area contributed by atoms with E-state index < -0.39 is 10.0 Å². The summed E-state index contributed by atoms with van der Waals surface area (Å²) in [5.74, 6) is 0.0378. The summed E-state index contributed by atoms with van der Waals surface area (Å²) in [7, 11) is 0.230. The second-order valence-electron chi connectivity index (χ2n) is 5.52. The second kappa shape index (κ2) is 7.35. The van der Waals surface area contributed by atoms with Crippen molar-refractivity contribution in [3.63, 3.8) is 0 Å². The van der Waals surface area contributed by atoms with Gasteiger partial charge in [0.2, 0.25) is 10.0 Å². The highest BCUT2D eigenvalue weighted by atomic mass is 32.2. The van der Waals surface area contributed by atoms with Gasteiger partial charge in [-0.15, -0.1) is 0 Å². The van der Waals surface area contributed by atoms with Gasteiger partial charge in [0.05, 0.1) is 11.9 Å². The standard InChI is InChI=1S/C15H24N2O3S/c1-16-10-13-5-7-14(8-6-13)12-21(18,19)17(2)11-15-4-3-9-20-15/h5-8,15-16H,3-4,9-12H2,1-2H3. The van der Waals surface area contributed by atoms with E-state index in [1.807, 2.05) is 31.3 Å². The Hall–Kier alpha value is -0.950. The third-order valence-electron chi connectivity index (χ3n) is 3.71. The van der Waals surface area contributed by atoms with Gasteiger partial charge in [-0.3, -0.25) is 0 Å². The maximum atomic E-state index is 12.4. The highest BCUT2D eigenvalue weighted by molar-refractivity contribution is 7.88. The minimum Gasteiger partial charge on any atom is -0.377 e. The smallest absolute Gasteiger partial charge is 0.218 e. The minimum atomic E-state index is -3.29. The van der Waals surface area contributed by atoms with Crippen molar-refractivity contribution in [1.82, 2.24) is 9.62 Å². The fourth-order valence-electron chi connectivity index (χ4n) is 2.47. The molecule has 1 fully saturated rings. The molecule has 2 rings (SSSR count). The highest BCUT2D eigenvalue weighted by Crippen LogP contribution is 2.16. The Kier molecular flexibility index (Phi) is 5.75. The molecule has 0 aromatic heterocycles. The molecule has 0 radical (unpaired) electrons. The molecule has 1 N–H and O–H groups in total. The first-order chi connectivity index (χ1) is 10.0. The normalized spacial score (nSPS) is 19.3. The summed E-state index contributed by atoms with van der Waals surface area (Å²) in [6.07, 6.45) is 2.01. The van der Waals surface area contributed by atoms with Gasteiger partial charge in [-0.25, -0.2) is 12.7 Å². The molecule has 0 aliphatic carbocycles. The lowest BCUT2D eigenvalue weighted by Crippen LogP contribution is -2.34. The zero-order chi connectivity index (χ0) is 15.3. The Bertz CT molecular complexity index is 537. The fraction of sp³-hybridized carbons (Fsp3) is 0.600. The van der Waals surface area contributed by atoms with Crippen molar-refractivity contribution in [3.05, 3.63) is 35.4 Å². The first-order valence-electron chi connectivity index (χ1n) is 7.29. The van der Waals surface area contributed by atoms with Gasteiger partial charge in [0.1, 0.15) is 0 Å². The Labute approximate surface area is 127 Å². The molecule has 118 valence electrons. The van der Waals surface area contributed by atoms with E-state index >= 15 is 0 Å². The number of rotatable bonds is 7. The molecule has 1 aromatic carbocycles. The van der Waals surface area contributed by atoms with Crippen LogP contribution in [0.5, 0.6) is 0 Å². The van der Waals surface area contributed by atoms with Gasteiger partial charge in [0, 0.05) is 26.7 Å². The highest BCUT2D eigenvalue weighted by Gasteiger charge is 2.24. The zero-order valence-corrected chi connectivity index (χ0v) is 13.5. The van der Waals surface area contributed by atoms with Crippen LogP contribution >= 0.6 is 0 Å². The third kappa shape index (κ3) is 4.78. The van der Waals surface area contributed by atoms with Crippen molar-refractivity contribution < 1.29 is 13.2 Å². The van der Waals surface area contributed by atoms with Crippen LogP contribution in [0.25, 0.3) is 0 Å². The number of hydrogen-bond donors (Lipinski definition) is 1. The zero-order valence-electron chi connectivity index (χ0n) is 12.7. The van der Waals surface area contributed by atoms with Gasteiger partial charge in [-0.05, 0) is 31.0 Å². The molecule has 0 amide bonds. The Morgan fingerprint density at radius 2 is 1.95 bits per heavy atom. The van der Waals surface area contributed by atoms with E-state index in [1.54, 1.807) is 7.05 Å². The van der Waals surface area contributed by atoms with E-state index in [9.17, 15) is 8.42 Å². The molecule has 0 saturated carbocycles. The second-order valence-corrected chi connectivity index (χ2v) is 7.59. The van der Waals surface area contributed by atoms with Gasteiger partial charge in [0.15, 0.2) is 0 Å². The molecule has 1 unspecified atom stereocenters. The topological polar surface area (TPSA) is 58.6 Å². The fourth-order valence-corrected chi connectivity index (χ4v) is 3.69. The number of nitrogens with one attached hydrogen (secondary N) is 1. The minimum absolute atomic E-state index is 0.0378. The summed E-state index contributed by atoms with van der Waals surface area (Å²) in [5.41, 5.74) is 1.96. The largest absolute Gasteiger partial charge is 0.377 e. The summed E-state index contributed by atoms with van der Waals surface area (Å²) >= 11 is 0. The van der Waals surface area contributed by atoms with E-state index in [-0.39, 0.29) is 11.9 Å². The van der Waals surface area contributed by atoms with Crippen molar-refractivity contribution >= 4 is 10.0 Å². The van der Waals surface area contributed by atoms with E-state index in [4.69, 9.17) is 4.74 Å². The van der Waals surface area contributed by atoms with Crippen molar-refractivity contribution in [2.45, 2.75) is 31.2 Å². The van der Waals surface area contributed by atoms with Crippen LogP contribution in [0, 0.1) is 0 Å². The number of sulfonamides is 1. The first kappa shape index (κ1) is 16.4. The number of nitrogens with zero attached hydrogens (tertiary/aromatic N) is 1. The summed E-state index contributed by atoms with van der Waals surface area (Å²) in [4.78, 5) is 0. The summed E-state index contributed by atoms with van der Waals surface area (Å²) < 4.78 is 31.6. The van der Waals surface area contributed by atoms with Crippen molar-refractivity contribution in [3.8, 4) is 0 Å². The van der Waals surface area contributed by atoms with Crippen molar-refractivity contribution in [2.24, 2.45) is 0 Å². The Morgan fingerprint density at radius 1 is 1.29 bits per heavy atom. The van der Waals surface area contributed by atoms with Gasteiger partial charge in [0.25, 0.3) is 0 Å². The predicted octanol–water partition coefficient (Wildman–Crippen LogP) is 1.35. The van der Waals surface area contributed by atoms with Crippen LogP contribution in [0.4, 0.5) is 0 Å². The molecule has 0 bridgehead atoms. The van der Waals surface area contributed by atoms with Crippen LogP contribution < -0.4 is 5.32 Å². The molecule has 21 heavy (non-hydrogen) atoms. The van der Waals surface area contributed by atoms with E-state index in [2.05, 4.69) is 5.32 Å². The quantitative estimate of drug-likeness (QED) is 0.825. The van der Waals surface area contributed by atoms with Gasteiger partial charge >= 0.3 is 0 Å². The number of likely N-dealkylation sites (N-methyl/N-ethyl adjacent to an activating group) is 1. The van der Waals surface area contributed by atoms with Crippen LogP contribution in [0.2, 0.25) is 0 Å². The molecule has 6 heteroatoms. The molecule has 1 heterocycles. The molecule has 1 aliphatic heterocycles. The summed E-state index contributed by atoms with van der Waals surface area (Å²) in [6.45, 7) is 1.97. The van der Waals surface area contributed by atoms with Crippen LogP contribution in [0.15, 0.2) is 24.3 Å². The lowest BCUT2D eigenvalue weighted by atomic mass is 10.1. The van der Waals surface area contributed by atoms with Crippen LogP contribution in [0.1, 0.15) is 24.0 Å². The van der Waals surface area contributed by atoms with Crippen LogP contribution in [0.3, 0.4) is 0 Å². The van der Waals surface area contributed by atoms with Gasteiger partial charge in [-0.1, -0.05) is 24.3 Å². The number of hydrogen-bond acceptors (Lipinski definition) is 4.